The Labute approximate surface area is 132 Å². The van der Waals surface area contributed by atoms with Crippen molar-refractivity contribution in [1.29, 1.82) is 0 Å². The van der Waals surface area contributed by atoms with E-state index in [0.29, 0.717) is 5.69 Å². The highest BCUT2D eigenvalue weighted by Crippen LogP contribution is 2.17. The summed E-state index contributed by atoms with van der Waals surface area (Å²) >= 11 is 4.38. The third kappa shape index (κ3) is 4.83. The Balaban J connectivity index is 1.89. The summed E-state index contributed by atoms with van der Waals surface area (Å²) in [6, 6.07) is 7.20. The molecule has 0 radical (unpaired) electrons. The minimum Gasteiger partial charge on any atom is -0.480 e. The topological polar surface area (TPSA) is 110 Å². The molecule has 0 aliphatic rings. The molecule has 0 aliphatic heterocycles. The van der Waals surface area contributed by atoms with E-state index in [9.17, 15) is 9.59 Å². The van der Waals surface area contributed by atoms with E-state index in [0.717, 1.165) is 20.9 Å². The van der Waals surface area contributed by atoms with E-state index in [1.165, 1.54) is 0 Å². The molecule has 0 saturated carbocycles. The van der Waals surface area contributed by atoms with Crippen LogP contribution in [-0.4, -0.2) is 42.9 Å². The van der Waals surface area contributed by atoms with E-state index in [-0.39, 0.29) is 23.4 Å². The summed E-state index contributed by atoms with van der Waals surface area (Å²) in [6.07, 6.45) is 0. The third-order valence-electron chi connectivity index (χ3n) is 2.22. The quantitative estimate of drug-likeness (QED) is 0.735. The van der Waals surface area contributed by atoms with Gasteiger partial charge in [0.15, 0.2) is 0 Å². The first-order valence-electron chi connectivity index (χ1n) is 5.71. The monoisotopic (exact) mass is 371 g/mol. The van der Waals surface area contributed by atoms with Crippen molar-refractivity contribution >= 4 is 45.3 Å². The van der Waals surface area contributed by atoms with Crippen molar-refractivity contribution in [1.82, 2.24) is 20.2 Å². The number of tetrazole rings is 1. The summed E-state index contributed by atoms with van der Waals surface area (Å²) in [5.74, 6) is -1.21. The van der Waals surface area contributed by atoms with Crippen molar-refractivity contribution in [2.75, 3.05) is 11.1 Å². The molecule has 2 rings (SSSR count). The smallest absolute Gasteiger partial charge is 0.325 e. The summed E-state index contributed by atoms with van der Waals surface area (Å²) in [5, 5.41) is 22.3. The van der Waals surface area contributed by atoms with E-state index in [2.05, 4.69) is 36.8 Å². The number of carboxylic acids is 1. The van der Waals surface area contributed by atoms with Crippen molar-refractivity contribution in [2.45, 2.75) is 11.7 Å². The maximum atomic E-state index is 11.8. The van der Waals surface area contributed by atoms with E-state index in [1.807, 2.05) is 6.07 Å². The molecule has 8 nitrogen and oxygen atoms in total. The average molecular weight is 372 g/mol. The molecule has 0 fully saturated rings. The number of carbonyl (C=O) groups excluding carboxylic acids is 1. The standard InChI is InChI=1S/C11H10BrN5O3S/c12-7-2-1-3-8(4-7)13-9(18)6-21-11-14-15-16-17(11)5-10(19)20/h1-4H,5-6H2,(H,13,18)(H,19,20). The lowest BCUT2D eigenvalue weighted by Gasteiger charge is -2.05. The number of thioether (sulfide) groups is 1. The summed E-state index contributed by atoms with van der Waals surface area (Å²) in [4.78, 5) is 22.4. The van der Waals surface area contributed by atoms with Crippen LogP contribution in [0.5, 0.6) is 0 Å². The van der Waals surface area contributed by atoms with Crippen LogP contribution in [-0.2, 0) is 16.1 Å². The van der Waals surface area contributed by atoms with Crippen molar-refractivity contribution in [3.8, 4) is 0 Å². The van der Waals surface area contributed by atoms with Gasteiger partial charge in [-0.25, -0.2) is 4.68 Å². The van der Waals surface area contributed by atoms with Crippen LogP contribution >= 0.6 is 27.7 Å². The van der Waals surface area contributed by atoms with Gasteiger partial charge in [0.05, 0.1) is 5.75 Å². The normalized spacial score (nSPS) is 10.3. The van der Waals surface area contributed by atoms with Crippen LogP contribution in [0, 0.1) is 0 Å². The zero-order valence-electron chi connectivity index (χ0n) is 10.6. The number of amides is 1. The van der Waals surface area contributed by atoms with Gasteiger partial charge in [0, 0.05) is 10.2 Å². The first-order valence-corrected chi connectivity index (χ1v) is 7.48. The van der Waals surface area contributed by atoms with E-state index in [4.69, 9.17) is 5.11 Å². The number of carbonyl (C=O) groups is 2. The van der Waals surface area contributed by atoms with Crippen molar-refractivity contribution in [3.05, 3.63) is 28.7 Å². The lowest BCUT2D eigenvalue weighted by molar-refractivity contribution is -0.138. The number of nitrogens with zero attached hydrogens (tertiary/aromatic N) is 4. The van der Waals surface area contributed by atoms with Crippen LogP contribution < -0.4 is 5.32 Å². The van der Waals surface area contributed by atoms with Crippen LogP contribution in [0.2, 0.25) is 0 Å². The molecule has 0 unspecified atom stereocenters. The van der Waals surface area contributed by atoms with Crippen LogP contribution in [0.1, 0.15) is 0 Å². The molecule has 1 aromatic heterocycles. The maximum Gasteiger partial charge on any atom is 0.325 e. The summed E-state index contributed by atoms with van der Waals surface area (Å²) in [5.41, 5.74) is 0.667. The Morgan fingerprint density at radius 3 is 2.95 bits per heavy atom. The van der Waals surface area contributed by atoms with Gasteiger partial charge < -0.3 is 10.4 Å². The highest BCUT2D eigenvalue weighted by atomic mass is 79.9. The number of anilines is 1. The van der Waals surface area contributed by atoms with E-state index in [1.54, 1.807) is 18.2 Å². The van der Waals surface area contributed by atoms with Crippen LogP contribution in [0.25, 0.3) is 0 Å². The molecule has 1 amide bonds. The Bertz CT molecular complexity index is 663. The summed E-state index contributed by atoms with van der Waals surface area (Å²) < 4.78 is 1.98. The molecule has 2 N–H and O–H groups in total. The Morgan fingerprint density at radius 1 is 1.43 bits per heavy atom. The number of aromatic nitrogens is 4. The molecule has 0 spiro atoms. The minimum absolute atomic E-state index is 0.0759. The first kappa shape index (κ1) is 15.4. The van der Waals surface area contributed by atoms with Crippen LogP contribution in [0.3, 0.4) is 0 Å². The highest BCUT2D eigenvalue weighted by molar-refractivity contribution is 9.10. The lowest BCUT2D eigenvalue weighted by atomic mass is 10.3. The predicted octanol–water partition coefficient (Wildman–Crippen LogP) is 1.25. The molecule has 0 aliphatic carbocycles. The highest BCUT2D eigenvalue weighted by Gasteiger charge is 2.12. The fraction of sp³-hybridized carbons (Fsp3) is 0.182. The maximum absolute atomic E-state index is 11.8. The molecular weight excluding hydrogens is 362 g/mol. The van der Waals surface area contributed by atoms with Gasteiger partial charge in [0.1, 0.15) is 6.54 Å². The molecular formula is C11H10BrN5O3S. The van der Waals surface area contributed by atoms with Gasteiger partial charge in [-0.2, -0.15) is 0 Å². The van der Waals surface area contributed by atoms with Crippen molar-refractivity contribution in [2.24, 2.45) is 0 Å². The van der Waals surface area contributed by atoms with Crippen LogP contribution in [0.4, 0.5) is 5.69 Å². The van der Waals surface area contributed by atoms with E-state index < -0.39 is 5.97 Å². The van der Waals surface area contributed by atoms with Crippen molar-refractivity contribution < 1.29 is 14.7 Å². The van der Waals surface area contributed by atoms with Crippen LogP contribution in [0.15, 0.2) is 33.9 Å². The van der Waals surface area contributed by atoms with Gasteiger partial charge in [0.25, 0.3) is 0 Å². The van der Waals surface area contributed by atoms with E-state index >= 15 is 0 Å². The second-order valence-electron chi connectivity index (χ2n) is 3.86. The minimum atomic E-state index is -1.05. The molecule has 21 heavy (non-hydrogen) atoms. The zero-order valence-corrected chi connectivity index (χ0v) is 13.0. The number of carboxylic acid groups (broad SMARTS) is 1. The van der Waals surface area contributed by atoms with Gasteiger partial charge in [0.2, 0.25) is 11.1 Å². The fourth-order valence-corrected chi connectivity index (χ4v) is 2.50. The zero-order chi connectivity index (χ0) is 15.2. The number of hydrogen-bond acceptors (Lipinski definition) is 6. The molecule has 110 valence electrons. The number of halogens is 1. The molecule has 1 heterocycles. The Morgan fingerprint density at radius 2 is 2.24 bits per heavy atom. The van der Waals surface area contributed by atoms with Gasteiger partial charge >= 0.3 is 5.97 Å². The predicted molar refractivity (Wildman–Crippen MR) is 78.9 cm³/mol. The van der Waals surface area contributed by atoms with Gasteiger partial charge in [-0.15, -0.1) is 5.10 Å². The number of rotatable bonds is 6. The lowest BCUT2D eigenvalue weighted by Crippen LogP contribution is -2.16. The number of hydrogen-bond donors (Lipinski definition) is 2. The molecule has 0 atom stereocenters. The fourth-order valence-electron chi connectivity index (χ4n) is 1.42. The molecule has 1 aromatic carbocycles. The Hall–Kier alpha value is -1.94. The Kier molecular flexibility index (Phi) is 5.28. The number of benzene rings is 1. The number of nitrogens with one attached hydrogen (secondary N) is 1. The summed E-state index contributed by atoms with van der Waals surface area (Å²) in [7, 11) is 0. The van der Waals surface area contributed by atoms with Crippen molar-refractivity contribution in [3.63, 3.8) is 0 Å². The molecule has 0 bridgehead atoms. The molecule has 0 saturated heterocycles. The number of aliphatic carboxylic acids is 1. The second kappa shape index (κ2) is 7.18. The first-order chi connectivity index (χ1) is 10.0. The summed E-state index contributed by atoms with van der Waals surface area (Å²) in [6.45, 7) is -0.345. The van der Waals surface area contributed by atoms with Gasteiger partial charge in [-0.3, -0.25) is 9.59 Å². The molecule has 10 heteroatoms. The van der Waals surface area contributed by atoms with Gasteiger partial charge in [-0.1, -0.05) is 33.8 Å². The SMILES string of the molecule is O=C(O)Cn1nnnc1SCC(=O)Nc1cccc(Br)c1. The second-order valence-corrected chi connectivity index (χ2v) is 5.72. The largest absolute Gasteiger partial charge is 0.480 e. The van der Waals surface area contributed by atoms with Gasteiger partial charge in [-0.05, 0) is 28.6 Å². The average Bonchev–Trinajstić information content (AvgIpc) is 2.83. The molecule has 2 aromatic rings. The third-order valence-corrected chi connectivity index (χ3v) is 3.68.